The molecule has 0 unspecified atom stereocenters. The van der Waals surface area contributed by atoms with E-state index >= 15 is 0 Å². The van der Waals surface area contributed by atoms with Crippen molar-refractivity contribution in [3.8, 4) is 11.5 Å². The third-order valence-corrected chi connectivity index (χ3v) is 4.64. The summed E-state index contributed by atoms with van der Waals surface area (Å²) in [5, 5.41) is 0. The van der Waals surface area contributed by atoms with Crippen LogP contribution in [0.25, 0.3) is 0 Å². The van der Waals surface area contributed by atoms with Crippen LogP contribution in [0.5, 0.6) is 11.5 Å². The second kappa shape index (κ2) is 8.23. The first-order valence-corrected chi connectivity index (χ1v) is 8.78. The molecule has 24 heavy (non-hydrogen) atoms. The molecule has 0 atom stereocenters. The van der Waals surface area contributed by atoms with Gasteiger partial charge in [-0.2, -0.15) is 0 Å². The fourth-order valence-corrected chi connectivity index (χ4v) is 2.87. The van der Waals surface area contributed by atoms with Crippen LogP contribution in [0, 0.1) is 39.5 Å². The second-order valence-electron chi connectivity index (χ2n) is 7.07. The number of hydrogen-bond acceptors (Lipinski definition) is 2. The number of aryl methyl sites for hydroxylation is 4. The van der Waals surface area contributed by atoms with Crippen molar-refractivity contribution >= 4 is 0 Å². The summed E-state index contributed by atoms with van der Waals surface area (Å²) in [5.41, 5.74) is 4.75. The fourth-order valence-electron chi connectivity index (χ4n) is 2.87. The summed E-state index contributed by atoms with van der Waals surface area (Å²) >= 11 is 0. The lowest BCUT2D eigenvalue weighted by atomic mass is 9.97. The highest BCUT2D eigenvalue weighted by Crippen LogP contribution is 2.26. The SMILES string of the molecule is Cc1cccc(C)c1OCC(COc1c(C)cccc1C)C(C)C. The Hall–Kier alpha value is -1.96. The van der Waals surface area contributed by atoms with Crippen LogP contribution < -0.4 is 9.47 Å². The van der Waals surface area contributed by atoms with Crippen molar-refractivity contribution in [1.29, 1.82) is 0 Å². The lowest BCUT2D eigenvalue weighted by Crippen LogP contribution is -2.25. The molecule has 0 aliphatic heterocycles. The summed E-state index contributed by atoms with van der Waals surface area (Å²) in [6.45, 7) is 14.2. The molecular formula is C22H30O2. The lowest BCUT2D eigenvalue weighted by molar-refractivity contribution is 0.140. The normalized spacial score (nSPS) is 11.2. The Bertz CT molecular complexity index is 578. The molecule has 2 rings (SSSR count). The summed E-state index contributed by atoms with van der Waals surface area (Å²) in [4.78, 5) is 0. The number of para-hydroxylation sites is 2. The molecule has 0 aromatic heterocycles. The zero-order valence-electron chi connectivity index (χ0n) is 15.8. The molecule has 0 fully saturated rings. The first-order chi connectivity index (χ1) is 11.4. The Morgan fingerprint density at radius 3 is 1.29 bits per heavy atom. The van der Waals surface area contributed by atoms with Gasteiger partial charge in [-0.05, 0) is 55.9 Å². The number of rotatable bonds is 7. The molecule has 2 aromatic carbocycles. The van der Waals surface area contributed by atoms with Crippen LogP contribution in [-0.4, -0.2) is 13.2 Å². The van der Waals surface area contributed by atoms with Crippen LogP contribution in [-0.2, 0) is 0 Å². The van der Waals surface area contributed by atoms with Gasteiger partial charge < -0.3 is 9.47 Å². The smallest absolute Gasteiger partial charge is 0.125 e. The van der Waals surface area contributed by atoms with E-state index in [2.05, 4.69) is 77.9 Å². The van der Waals surface area contributed by atoms with Gasteiger partial charge in [0.2, 0.25) is 0 Å². The van der Waals surface area contributed by atoms with Crippen molar-refractivity contribution < 1.29 is 9.47 Å². The Kier molecular flexibility index (Phi) is 6.30. The molecule has 0 aliphatic carbocycles. The predicted molar refractivity (Wildman–Crippen MR) is 101 cm³/mol. The molecule has 0 heterocycles. The van der Waals surface area contributed by atoms with Gasteiger partial charge in [0.25, 0.3) is 0 Å². The van der Waals surface area contributed by atoms with E-state index < -0.39 is 0 Å². The highest BCUT2D eigenvalue weighted by atomic mass is 16.5. The Morgan fingerprint density at radius 1 is 0.667 bits per heavy atom. The van der Waals surface area contributed by atoms with E-state index in [0.717, 1.165) is 11.5 Å². The monoisotopic (exact) mass is 326 g/mol. The largest absolute Gasteiger partial charge is 0.493 e. The van der Waals surface area contributed by atoms with Gasteiger partial charge in [-0.15, -0.1) is 0 Å². The zero-order chi connectivity index (χ0) is 17.7. The molecule has 130 valence electrons. The fraction of sp³-hybridized carbons (Fsp3) is 0.455. The average Bonchev–Trinajstić information content (AvgIpc) is 2.51. The molecule has 0 saturated heterocycles. The van der Waals surface area contributed by atoms with E-state index in [-0.39, 0.29) is 0 Å². The maximum absolute atomic E-state index is 6.16. The molecule has 0 amide bonds. The van der Waals surface area contributed by atoms with E-state index in [1.54, 1.807) is 0 Å². The standard InChI is InChI=1S/C22H30O2/c1-15(2)20(13-23-21-16(3)9-7-10-17(21)4)14-24-22-18(5)11-8-12-19(22)6/h7-12,15,20H,13-14H2,1-6H3. The first-order valence-electron chi connectivity index (χ1n) is 8.78. The molecule has 0 aliphatic rings. The van der Waals surface area contributed by atoms with Crippen molar-refractivity contribution in [2.75, 3.05) is 13.2 Å². The van der Waals surface area contributed by atoms with Crippen molar-refractivity contribution in [3.63, 3.8) is 0 Å². The van der Waals surface area contributed by atoms with Crippen LogP contribution in [0.1, 0.15) is 36.1 Å². The minimum absolute atomic E-state index is 0.350. The number of ether oxygens (including phenoxy) is 2. The first kappa shape index (κ1) is 18.4. The summed E-state index contributed by atoms with van der Waals surface area (Å²) in [6, 6.07) is 12.5. The Morgan fingerprint density at radius 2 is 1.00 bits per heavy atom. The Labute approximate surface area is 146 Å². The van der Waals surface area contributed by atoms with Gasteiger partial charge in [-0.25, -0.2) is 0 Å². The van der Waals surface area contributed by atoms with Crippen LogP contribution in [0.3, 0.4) is 0 Å². The third kappa shape index (κ3) is 4.53. The average molecular weight is 326 g/mol. The van der Waals surface area contributed by atoms with Crippen molar-refractivity contribution in [1.82, 2.24) is 0 Å². The molecule has 0 saturated carbocycles. The van der Waals surface area contributed by atoms with Gasteiger partial charge >= 0.3 is 0 Å². The lowest BCUT2D eigenvalue weighted by Gasteiger charge is -2.24. The van der Waals surface area contributed by atoms with Crippen LogP contribution in [0.2, 0.25) is 0 Å². The summed E-state index contributed by atoms with van der Waals surface area (Å²) < 4.78 is 12.3. The highest BCUT2D eigenvalue weighted by molar-refractivity contribution is 5.40. The van der Waals surface area contributed by atoms with E-state index in [1.165, 1.54) is 22.3 Å². The van der Waals surface area contributed by atoms with Gasteiger partial charge in [0.15, 0.2) is 0 Å². The van der Waals surface area contributed by atoms with Crippen molar-refractivity contribution in [2.24, 2.45) is 11.8 Å². The van der Waals surface area contributed by atoms with E-state index in [0.29, 0.717) is 25.0 Å². The molecule has 0 bridgehead atoms. The van der Waals surface area contributed by atoms with E-state index in [1.807, 2.05) is 0 Å². The summed E-state index contributed by atoms with van der Waals surface area (Å²) in [5.74, 6) is 2.87. The maximum atomic E-state index is 6.16. The minimum atomic E-state index is 0.350. The Balaban J connectivity index is 2.02. The third-order valence-electron chi connectivity index (χ3n) is 4.64. The number of benzene rings is 2. The summed E-state index contributed by atoms with van der Waals surface area (Å²) in [6.07, 6.45) is 0. The molecule has 2 aromatic rings. The van der Waals surface area contributed by atoms with Gasteiger partial charge in [-0.1, -0.05) is 50.2 Å². The van der Waals surface area contributed by atoms with E-state index in [9.17, 15) is 0 Å². The van der Waals surface area contributed by atoms with Crippen LogP contribution in [0.4, 0.5) is 0 Å². The molecular weight excluding hydrogens is 296 g/mol. The van der Waals surface area contributed by atoms with Crippen LogP contribution in [0.15, 0.2) is 36.4 Å². The highest BCUT2D eigenvalue weighted by Gasteiger charge is 2.17. The second-order valence-corrected chi connectivity index (χ2v) is 7.07. The molecule has 0 N–H and O–H groups in total. The zero-order valence-corrected chi connectivity index (χ0v) is 15.8. The van der Waals surface area contributed by atoms with Gasteiger partial charge in [0.05, 0.1) is 13.2 Å². The van der Waals surface area contributed by atoms with Gasteiger partial charge in [-0.3, -0.25) is 0 Å². The number of hydrogen-bond donors (Lipinski definition) is 0. The molecule has 0 spiro atoms. The molecule has 2 heteroatoms. The van der Waals surface area contributed by atoms with Crippen LogP contribution >= 0.6 is 0 Å². The molecule has 2 nitrogen and oxygen atoms in total. The van der Waals surface area contributed by atoms with Gasteiger partial charge in [0.1, 0.15) is 11.5 Å². The quantitative estimate of drug-likeness (QED) is 0.654. The van der Waals surface area contributed by atoms with Crippen molar-refractivity contribution in [3.05, 3.63) is 58.7 Å². The minimum Gasteiger partial charge on any atom is -0.493 e. The maximum Gasteiger partial charge on any atom is 0.125 e. The summed E-state index contributed by atoms with van der Waals surface area (Å²) in [7, 11) is 0. The predicted octanol–water partition coefficient (Wildman–Crippen LogP) is 5.65. The van der Waals surface area contributed by atoms with Crippen molar-refractivity contribution in [2.45, 2.75) is 41.5 Å². The van der Waals surface area contributed by atoms with Gasteiger partial charge in [0, 0.05) is 5.92 Å². The topological polar surface area (TPSA) is 18.5 Å². The molecule has 0 radical (unpaired) electrons. The van der Waals surface area contributed by atoms with E-state index in [4.69, 9.17) is 9.47 Å².